The molecule has 0 unspecified atom stereocenters. The van der Waals surface area contributed by atoms with Crippen LogP contribution in [0, 0.1) is 10.1 Å². The fourth-order valence-electron chi connectivity index (χ4n) is 2.56. The van der Waals surface area contributed by atoms with Crippen molar-refractivity contribution >= 4 is 33.0 Å². The molecule has 0 heterocycles. The molecule has 0 aliphatic rings. The Hall–Kier alpha value is -2.91. The molecule has 2 aromatic carbocycles. The molecule has 0 fully saturated rings. The molecule has 0 aliphatic heterocycles. The molecule has 0 spiro atoms. The smallest absolute Gasteiger partial charge is 0.332 e. The minimum atomic E-state index is -3.42. The van der Waals surface area contributed by atoms with Crippen molar-refractivity contribution in [3.8, 4) is 0 Å². The number of rotatable bonds is 8. The maximum atomic E-state index is 11.9. The second-order valence-electron chi connectivity index (χ2n) is 5.77. The van der Waals surface area contributed by atoms with Crippen molar-refractivity contribution in [1.29, 1.82) is 0 Å². The lowest BCUT2D eigenvalue weighted by Gasteiger charge is -2.14. The lowest BCUT2D eigenvalue weighted by molar-refractivity contribution is -0.757. The van der Waals surface area contributed by atoms with Gasteiger partial charge in [-0.1, -0.05) is 35.9 Å². The van der Waals surface area contributed by atoms with E-state index in [4.69, 9.17) is 11.6 Å². The number of hydrogen-bond donors (Lipinski definition) is 1. The highest BCUT2D eigenvalue weighted by Crippen LogP contribution is 2.30. The Morgan fingerprint density at radius 3 is 2.04 bits per heavy atom. The lowest BCUT2D eigenvalue weighted by atomic mass is 9.91. The standard InChI is InChI=1S/C18H16ClNO7S/c1-28(25,26)15-8-4-13(5-9-15)17(12-2-6-14(19)7-3-12)16(18(21)22)10-11-27-20(23)24/h2-9H,10-11H2,1H3,(H,21,22). The van der Waals surface area contributed by atoms with Crippen molar-refractivity contribution in [2.75, 3.05) is 12.9 Å². The normalized spacial score (nSPS) is 12.2. The van der Waals surface area contributed by atoms with Gasteiger partial charge in [0.1, 0.15) is 6.61 Å². The average molecular weight is 426 g/mol. The second-order valence-corrected chi connectivity index (χ2v) is 8.22. The van der Waals surface area contributed by atoms with Crippen LogP contribution in [0.1, 0.15) is 17.5 Å². The second kappa shape index (κ2) is 8.85. The number of aliphatic carboxylic acids is 1. The fourth-order valence-corrected chi connectivity index (χ4v) is 3.32. The van der Waals surface area contributed by atoms with Gasteiger partial charge in [-0.15, -0.1) is 10.1 Å². The Balaban J connectivity index is 2.62. The zero-order chi connectivity index (χ0) is 20.9. The van der Waals surface area contributed by atoms with E-state index in [1.165, 1.54) is 24.3 Å². The maximum absolute atomic E-state index is 11.9. The Morgan fingerprint density at radius 2 is 1.61 bits per heavy atom. The minimum Gasteiger partial charge on any atom is -0.478 e. The Labute approximate surface area is 166 Å². The number of hydrogen-bond acceptors (Lipinski definition) is 6. The molecule has 0 atom stereocenters. The predicted molar refractivity (Wildman–Crippen MR) is 102 cm³/mol. The third kappa shape index (κ3) is 5.54. The van der Waals surface area contributed by atoms with Crippen LogP contribution >= 0.6 is 11.6 Å². The van der Waals surface area contributed by atoms with Gasteiger partial charge in [0.05, 0.1) is 4.90 Å². The van der Waals surface area contributed by atoms with Crippen LogP contribution in [0.25, 0.3) is 5.57 Å². The van der Waals surface area contributed by atoms with E-state index in [1.807, 2.05) is 0 Å². The topological polar surface area (TPSA) is 124 Å². The summed E-state index contributed by atoms with van der Waals surface area (Å²) in [5, 5.41) is 19.5. The molecule has 10 heteroatoms. The first kappa shape index (κ1) is 21.4. The number of benzene rings is 2. The summed E-state index contributed by atoms with van der Waals surface area (Å²) in [6.45, 7) is -0.437. The molecule has 0 aromatic heterocycles. The summed E-state index contributed by atoms with van der Waals surface area (Å²) < 4.78 is 23.3. The van der Waals surface area contributed by atoms with Crippen LogP contribution < -0.4 is 0 Å². The van der Waals surface area contributed by atoms with Gasteiger partial charge >= 0.3 is 5.97 Å². The van der Waals surface area contributed by atoms with Gasteiger partial charge in [0.25, 0.3) is 5.09 Å². The first-order valence-electron chi connectivity index (χ1n) is 7.90. The van der Waals surface area contributed by atoms with Crippen LogP contribution in [-0.4, -0.2) is 37.4 Å². The Bertz CT molecular complexity index is 1010. The van der Waals surface area contributed by atoms with Gasteiger partial charge < -0.3 is 9.94 Å². The number of carbonyl (C=O) groups is 1. The van der Waals surface area contributed by atoms with Gasteiger partial charge in [-0.25, -0.2) is 13.2 Å². The molecule has 0 bridgehead atoms. The molecule has 0 amide bonds. The van der Waals surface area contributed by atoms with E-state index in [2.05, 4.69) is 4.84 Å². The predicted octanol–water partition coefficient (Wildman–Crippen LogP) is 3.23. The SMILES string of the molecule is CS(=O)(=O)c1ccc(C(=C(CCO[N+](=O)[O-])C(=O)O)c2ccc(Cl)cc2)cc1. The van der Waals surface area contributed by atoms with Gasteiger partial charge in [-0.05, 0) is 41.0 Å². The number of halogens is 1. The van der Waals surface area contributed by atoms with E-state index in [0.717, 1.165) is 6.26 Å². The molecular weight excluding hydrogens is 410 g/mol. The van der Waals surface area contributed by atoms with E-state index in [-0.39, 0.29) is 22.5 Å². The highest BCUT2D eigenvalue weighted by molar-refractivity contribution is 7.90. The number of carboxylic acids is 1. The summed E-state index contributed by atoms with van der Waals surface area (Å²) in [7, 11) is -3.42. The van der Waals surface area contributed by atoms with E-state index in [0.29, 0.717) is 16.1 Å². The van der Waals surface area contributed by atoms with E-state index in [9.17, 15) is 28.4 Å². The molecule has 2 aromatic rings. The molecule has 148 valence electrons. The molecule has 0 aliphatic carbocycles. The summed E-state index contributed by atoms with van der Waals surface area (Å²) in [4.78, 5) is 26.6. The van der Waals surface area contributed by atoms with Crippen LogP contribution in [0.2, 0.25) is 5.02 Å². The van der Waals surface area contributed by atoms with Crippen LogP contribution in [0.3, 0.4) is 0 Å². The Morgan fingerprint density at radius 1 is 1.11 bits per heavy atom. The monoisotopic (exact) mass is 425 g/mol. The van der Waals surface area contributed by atoms with E-state index < -0.39 is 27.5 Å². The van der Waals surface area contributed by atoms with Gasteiger partial charge in [0.15, 0.2) is 9.84 Å². The molecule has 0 saturated heterocycles. The number of nitrogens with zero attached hydrogens (tertiary/aromatic N) is 1. The van der Waals surface area contributed by atoms with Crippen molar-refractivity contribution in [3.05, 3.63) is 80.4 Å². The summed E-state index contributed by atoms with van der Waals surface area (Å²) in [5.74, 6) is -1.27. The lowest BCUT2D eigenvalue weighted by Crippen LogP contribution is -2.11. The number of sulfone groups is 1. The quantitative estimate of drug-likeness (QED) is 0.391. The summed E-state index contributed by atoms with van der Waals surface area (Å²) >= 11 is 5.90. The van der Waals surface area contributed by atoms with Crippen molar-refractivity contribution in [2.45, 2.75) is 11.3 Å². The summed E-state index contributed by atoms with van der Waals surface area (Å²) in [5.41, 5.74) is 1.12. The zero-order valence-electron chi connectivity index (χ0n) is 14.7. The van der Waals surface area contributed by atoms with Crippen LogP contribution in [-0.2, 0) is 19.5 Å². The Kier molecular flexibility index (Phi) is 6.76. The van der Waals surface area contributed by atoms with Crippen LogP contribution in [0.15, 0.2) is 59.0 Å². The molecule has 1 N–H and O–H groups in total. The zero-order valence-corrected chi connectivity index (χ0v) is 16.2. The molecule has 2 rings (SSSR count). The highest BCUT2D eigenvalue weighted by atomic mass is 35.5. The van der Waals surface area contributed by atoms with Gasteiger partial charge in [-0.2, -0.15) is 0 Å². The largest absolute Gasteiger partial charge is 0.478 e. The van der Waals surface area contributed by atoms with Crippen molar-refractivity contribution in [3.63, 3.8) is 0 Å². The van der Waals surface area contributed by atoms with Gasteiger partial charge in [-0.3, -0.25) is 0 Å². The van der Waals surface area contributed by atoms with Crippen molar-refractivity contribution < 1.29 is 28.2 Å². The highest BCUT2D eigenvalue weighted by Gasteiger charge is 2.19. The fraction of sp³-hybridized carbons (Fsp3) is 0.167. The maximum Gasteiger partial charge on any atom is 0.332 e. The molecule has 0 saturated carbocycles. The third-order valence-electron chi connectivity index (χ3n) is 3.81. The van der Waals surface area contributed by atoms with Gasteiger partial charge in [0, 0.05) is 23.3 Å². The van der Waals surface area contributed by atoms with Crippen molar-refractivity contribution in [1.82, 2.24) is 0 Å². The van der Waals surface area contributed by atoms with Gasteiger partial charge in [0.2, 0.25) is 0 Å². The van der Waals surface area contributed by atoms with E-state index >= 15 is 0 Å². The average Bonchev–Trinajstić information content (AvgIpc) is 2.61. The van der Waals surface area contributed by atoms with Crippen molar-refractivity contribution in [2.24, 2.45) is 0 Å². The molecular formula is C18H16ClNO7S. The molecule has 0 radical (unpaired) electrons. The summed E-state index contributed by atoms with van der Waals surface area (Å²) in [6.07, 6.45) is 0.831. The van der Waals surface area contributed by atoms with Crippen LogP contribution in [0.4, 0.5) is 0 Å². The first-order valence-corrected chi connectivity index (χ1v) is 10.2. The third-order valence-corrected chi connectivity index (χ3v) is 5.19. The summed E-state index contributed by atoms with van der Waals surface area (Å²) in [6, 6.07) is 12.1. The first-order chi connectivity index (χ1) is 13.1. The number of carboxylic acid groups (broad SMARTS) is 1. The molecule has 8 nitrogen and oxygen atoms in total. The van der Waals surface area contributed by atoms with E-state index in [1.54, 1.807) is 24.3 Å². The minimum absolute atomic E-state index is 0.0836. The molecule has 28 heavy (non-hydrogen) atoms. The van der Waals surface area contributed by atoms with Crippen LogP contribution in [0.5, 0.6) is 0 Å².